The molecule has 1 aliphatic heterocycles. The molecule has 2 atom stereocenters. The molecule has 1 N–H and O–H groups in total. The van der Waals surface area contributed by atoms with Crippen LogP contribution < -0.4 is 14.8 Å². The molecule has 1 saturated heterocycles. The van der Waals surface area contributed by atoms with Gasteiger partial charge in [0.2, 0.25) is 0 Å². The van der Waals surface area contributed by atoms with E-state index in [0.717, 1.165) is 36.6 Å². The van der Waals surface area contributed by atoms with Crippen LogP contribution in [0.2, 0.25) is 0 Å². The van der Waals surface area contributed by atoms with Crippen molar-refractivity contribution in [3.8, 4) is 11.5 Å². The van der Waals surface area contributed by atoms with Crippen LogP contribution in [0.4, 0.5) is 0 Å². The Hall–Kier alpha value is -1.26. The predicted molar refractivity (Wildman–Crippen MR) is 79.5 cm³/mol. The molecule has 0 amide bonds. The normalized spacial score (nSPS) is 23.4. The Morgan fingerprint density at radius 3 is 2.70 bits per heavy atom. The van der Waals surface area contributed by atoms with E-state index in [9.17, 15) is 0 Å². The van der Waals surface area contributed by atoms with Crippen molar-refractivity contribution in [3.63, 3.8) is 0 Å². The van der Waals surface area contributed by atoms with Crippen LogP contribution >= 0.6 is 0 Å². The number of hydrogen-bond acceptors (Lipinski definition) is 4. The van der Waals surface area contributed by atoms with Crippen molar-refractivity contribution in [2.75, 3.05) is 27.4 Å². The number of methoxy groups -OCH3 is 2. The molecule has 2 unspecified atom stereocenters. The fourth-order valence-corrected chi connectivity index (χ4v) is 2.62. The zero-order valence-corrected chi connectivity index (χ0v) is 12.8. The molecule has 1 fully saturated rings. The molecular weight excluding hydrogens is 254 g/mol. The van der Waals surface area contributed by atoms with Gasteiger partial charge < -0.3 is 19.5 Å². The van der Waals surface area contributed by atoms with E-state index < -0.39 is 0 Å². The Balaban J connectivity index is 2.18. The standard InChI is InChI=1S/C16H25NO3/c1-11(2)14-7-8-20-16(10-17-14)13-9-12(18-3)5-6-15(13)19-4/h5-6,9,11,14,16-17H,7-8,10H2,1-4H3. The van der Waals surface area contributed by atoms with Gasteiger partial charge in [0.15, 0.2) is 0 Å². The number of benzene rings is 1. The first kappa shape index (κ1) is 15.1. The zero-order chi connectivity index (χ0) is 14.5. The van der Waals surface area contributed by atoms with Crippen molar-refractivity contribution in [2.45, 2.75) is 32.4 Å². The van der Waals surface area contributed by atoms with Gasteiger partial charge in [-0.15, -0.1) is 0 Å². The highest BCUT2D eigenvalue weighted by Gasteiger charge is 2.24. The monoisotopic (exact) mass is 279 g/mol. The lowest BCUT2D eigenvalue weighted by Gasteiger charge is -2.21. The van der Waals surface area contributed by atoms with Crippen molar-refractivity contribution in [3.05, 3.63) is 23.8 Å². The molecule has 0 aliphatic carbocycles. The van der Waals surface area contributed by atoms with Gasteiger partial charge in [-0.1, -0.05) is 13.8 Å². The minimum atomic E-state index is 0.00352. The van der Waals surface area contributed by atoms with Crippen LogP contribution in [0.15, 0.2) is 18.2 Å². The van der Waals surface area contributed by atoms with E-state index >= 15 is 0 Å². The van der Waals surface area contributed by atoms with Gasteiger partial charge in [-0.05, 0) is 30.5 Å². The molecule has 112 valence electrons. The van der Waals surface area contributed by atoms with Crippen molar-refractivity contribution in [1.82, 2.24) is 5.32 Å². The molecule has 0 radical (unpaired) electrons. The summed E-state index contributed by atoms with van der Waals surface area (Å²) in [5.74, 6) is 2.29. The first-order chi connectivity index (χ1) is 9.65. The lowest BCUT2D eigenvalue weighted by atomic mass is 10.0. The summed E-state index contributed by atoms with van der Waals surface area (Å²) in [4.78, 5) is 0. The van der Waals surface area contributed by atoms with Crippen LogP contribution in [-0.2, 0) is 4.74 Å². The Morgan fingerprint density at radius 2 is 2.05 bits per heavy atom. The molecule has 1 aliphatic rings. The van der Waals surface area contributed by atoms with E-state index in [1.807, 2.05) is 18.2 Å². The van der Waals surface area contributed by atoms with Gasteiger partial charge in [-0.25, -0.2) is 0 Å². The van der Waals surface area contributed by atoms with Gasteiger partial charge in [0.05, 0.1) is 20.3 Å². The van der Waals surface area contributed by atoms with E-state index in [4.69, 9.17) is 14.2 Å². The summed E-state index contributed by atoms with van der Waals surface area (Å²) in [5.41, 5.74) is 1.05. The lowest BCUT2D eigenvalue weighted by Crippen LogP contribution is -2.34. The van der Waals surface area contributed by atoms with E-state index in [1.165, 1.54) is 0 Å². The summed E-state index contributed by atoms with van der Waals surface area (Å²) in [7, 11) is 3.36. The highest BCUT2D eigenvalue weighted by molar-refractivity contribution is 5.42. The smallest absolute Gasteiger partial charge is 0.124 e. The molecule has 0 saturated carbocycles. The Bertz CT molecular complexity index is 434. The van der Waals surface area contributed by atoms with Crippen LogP contribution in [0.25, 0.3) is 0 Å². The summed E-state index contributed by atoms with van der Waals surface area (Å²) in [6.45, 7) is 6.04. The van der Waals surface area contributed by atoms with Crippen LogP contribution in [0.3, 0.4) is 0 Å². The summed E-state index contributed by atoms with van der Waals surface area (Å²) in [6.07, 6.45) is 1.05. The topological polar surface area (TPSA) is 39.7 Å². The summed E-state index contributed by atoms with van der Waals surface area (Å²) in [5, 5.41) is 3.60. The van der Waals surface area contributed by atoms with E-state index in [0.29, 0.717) is 12.0 Å². The quantitative estimate of drug-likeness (QED) is 0.920. The van der Waals surface area contributed by atoms with Gasteiger partial charge in [0.1, 0.15) is 11.5 Å². The summed E-state index contributed by atoms with van der Waals surface area (Å²) in [6, 6.07) is 6.35. The third-order valence-electron chi connectivity index (χ3n) is 3.90. The fourth-order valence-electron chi connectivity index (χ4n) is 2.62. The van der Waals surface area contributed by atoms with Gasteiger partial charge in [-0.3, -0.25) is 0 Å². The number of ether oxygens (including phenoxy) is 3. The van der Waals surface area contributed by atoms with Crippen molar-refractivity contribution in [1.29, 1.82) is 0 Å². The highest BCUT2D eigenvalue weighted by Crippen LogP contribution is 2.32. The first-order valence-corrected chi connectivity index (χ1v) is 7.22. The molecule has 4 heteroatoms. The second kappa shape index (κ2) is 6.95. The fraction of sp³-hybridized carbons (Fsp3) is 0.625. The maximum Gasteiger partial charge on any atom is 0.124 e. The minimum Gasteiger partial charge on any atom is -0.497 e. The molecule has 1 aromatic carbocycles. The Kier molecular flexibility index (Phi) is 5.26. The largest absolute Gasteiger partial charge is 0.497 e. The van der Waals surface area contributed by atoms with Crippen molar-refractivity contribution < 1.29 is 14.2 Å². The molecule has 1 aromatic rings. The lowest BCUT2D eigenvalue weighted by molar-refractivity contribution is 0.0641. The SMILES string of the molecule is COc1ccc(OC)c(C2CNC(C(C)C)CCO2)c1. The number of rotatable bonds is 4. The molecular formula is C16H25NO3. The van der Waals surface area contributed by atoms with Gasteiger partial charge >= 0.3 is 0 Å². The van der Waals surface area contributed by atoms with Gasteiger partial charge in [0.25, 0.3) is 0 Å². The van der Waals surface area contributed by atoms with Crippen LogP contribution in [0.5, 0.6) is 11.5 Å². The molecule has 20 heavy (non-hydrogen) atoms. The van der Waals surface area contributed by atoms with E-state index in [1.54, 1.807) is 14.2 Å². The zero-order valence-electron chi connectivity index (χ0n) is 12.8. The Morgan fingerprint density at radius 1 is 1.25 bits per heavy atom. The predicted octanol–water partition coefficient (Wildman–Crippen LogP) is 2.78. The second-order valence-corrected chi connectivity index (χ2v) is 5.51. The Labute approximate surface area is 121 Å². The summed E-state index contributed by atoms with van der Waals surface area (Å²) >= 11 is 0. The molecule has 0 bridgehead atoms. The second-order valence-electron chi connectivity index (χ2n) is 5.51. The highest BCUT2D eigenvalue weighted by atomic mass is 16.5. The average molecular weight is 279 g/mol. The summed E-state index contributed by atoms with van der Waals surface area (Å²) < 4.78 is 16.8. The van der Waals surface area contributed by atoms with Crippen LogP contribution in [-0.4, -0.2) is 33.4 Å². The van der Waals surface area contributed by atoms with Gasteiger partial charge in [0, 0.05) is 24.8 Å². The van der Waals surface area contributed by atoms with Crippen LogP contribution in [0, 0.1) is 5.92 Å². The van der Waals surface area contributed by atoms with Crippen LogP contribution in [0.1, 0.15) is 31.9 Å². The van der Waals surface area contributed by atoms with Gasteiger partial charge in [-0.2, -0.15) is 0 Å². The van der Waals surface area contributed by atoms with E-state index in [-0.39, 0.29) is 6.10 Å². The number of nitrogens with one attached hydrogen (secondary N) is 1. The third kappa shape index (κ3) is 3.44. The minimum absolute atomic E-state index is 0.00352. The maximum atomic E-state index is 6.01. The molecule has 4 nitrogen and oxygen atoms in total. The molecule has 0 aromatic heterocycles. The molecule has 1 heterocycles. The molecule has 0 spiro atoms. The van der Waals surface area contributed by atoms with Crippen molar-refractivity contribution >= 4 is 0 Å². The van der Waals surface area contributed by atoms with Crippen molar-refractivity contribution in [2.24, 2.45) is 5.92 Å². The molecule has 2 rings (SSSR count). The average Bonchev–Trinajstić information content (AvgIpc) is 2.72. The third-order valence-corrected chi connectivity index (χ3v) is 3.90. The maximum absolute atomic E-state index is 6.01. The first-order valence-electron chi connectivity index (χ1n) is 7.22. The number of hydrogen-bond donors (Lipinski definition) is 1. The van der Waals surface area contributed by atoms with E-state index in [2.05, 4.69) is 19.2 Å².